The number of nitrogens with one attached hydrogen (secondary N) is 1. The number of aliphatic hydroxyl groups is 1. The van der Waals surface area contributed by atoms with Crippen LogP contribution in [-0.4, -0.2) is 30.3 Å². The topological polar surface area (TPSA) is 58.3 Å². The molecule has 1 fully saturated rings. The van der Waals surface area contributed by atoms with Crippen molar-refractivity contribution in [2.75, 3.05) is 19.6 Å². The molecule has 1 rings (SSSR count). The zero-order valence-electron chi connectivity index (χ0n) is 5.72. The third-order valence-corrected chi connectivity index (χ3v) is 2.04. The van der Waals surface area contributed by atoms with E-state index in [4.69, 9.17) is 5.73 Å². The lowest BCUT2D eigenvalue weighted by molar-refractivity contribution is 0.0396. The number of hydrogen-bond donors (Lipinski definition) is 3. The zero-order valence-corrected chi connectivity index (χ0v) is 5.72. The molecule has 4 N–H and O–H groups in total. The van der Waals surface area contributed by atoms with Crippen LogP contribution in [0.2, 0.25) is 0 Å². The van der Waals surface area contributed by atoms with Crippen molar-refractivity contribution in [1.82, 2.24) is 5.32 Å². The fourth-order valence-corrected chi connectivity index (χ4v) is 1.20. The van der Waals surface area contributed by atoms with Gasteiger partial charge in [-0.05, 0) is 13.5 Å². The smallest absolute Gasteiger partial charge is 0.0795 e. The summed E-state index contributed by atoms with van der Waals surface area (Å²) in [5, 5.41) is 12.6. The summed E-state index contributed by atoms with van der Waals surface area (Å²) >= 11 is 0. The standard InChI is InChI=1S/C6H14N2O/c1-6(9)4-8-3-5(6)2-7/h5,8-9H,2-4,7H2,1H3. The van der Waals surface area contributed by atoms with Gasteiger partial charge in [-0.1, -0.05) is 0 Å². The molecule has 0 aromatic rings. The number of β-amino-alcohol motifs (C(OH)–C–C–N with tert-alkyl or cyclic N) is 1. The van der Waals surface area contributed by atoms with Gasteiger partial charge in [0.2, 0.25) is 0 Å². The number of nitrogens with two attached hydrogens (primary N) is 1. The average molecular weight is 130 g/mol. The molecule has 0 amide bonds. The summed E-state index contributed by atoms with van der Waals surface area (Å²) in [6.07, 6.45) is 0. The van der Waals surface area contributed by atoms with Crippen LogP contribution in [0.4, 0.5) is 0 Å². The molecule has 0 aromatic carbocycles. The molecule has 1 aliphatic heterocycles. The minimum atomic E-state index is -0.575. The second-order valence-electron chi connectivity index (χ2n) is 2.92. The van der Waals surface area contributed by atoms with Gasteiger partial charge in [0.1, 0.15) is 0 Å². The Morgan fingerprint density at radius 1 is 1.89 bits per heavy atom. The first-order valence-electron chi connectivity index (χ1n) is 3.30. The highest BCUT2D eigenvalue weighted by Crippen LogP contribution is 2.19. The van der Waals surface area contributed by atoms with E-state index in [1.165, 1.54) is 0 Å². The molecule has 0 bridgehead atoms. The second kappa shape index (κ2) is 2.25. The first kappa shape index (κ1) is 6.99. The van der Waals surface area contributed by atoms with E-state index in [2.05, 4.69) is 5.32 Å². The van der Waals surface area contributed by atoms with Gasteiger partial charge >= 0.3 is 0 Å². The Bertz CT molecular complexity index is 103. The molecule has 0 aromatic heterocycles. The van der Waals surface area contributed by atoms with Gasteiger partial charge in [-0.3, -0.25) is 0 Å². The molecule has 54 valence electrons. The van der Waals surface area contributed by atoms with Crippen LogP contribution in [0.1, 0.15) is 6.92 Å². The lowest BCUT2D eigenvalue weighted by atomic mass is 9.93. The summed E-state index contributed by atoms with van der Waals surface area (Å²) in [6.45, 7) is 3.92. The van der Waals surface area contributed by atoms with Crippen LogP contribution >= 0.6 is 0 Å². The molecule has 9 heavy (non-hydrogen) atoms. The van der Waals surface area contributed by atoms with Gasteiger partial charge in [-0.15, -0.1) is 0 Å². The Morgan fingerprint density at radius 2 is 2.56 bits per heavy atom. The van der Waals surface area contributed by atoms with Gasteiger partial charge in [-0.2, -0.15) is 0 Å². The molecular formula is C6H14N2O. The molecule has 1 heterocycles. The van der Waals surface area contributed by atoms with E-state index in [9.17, 15) is 5.11 Å². The van der Waals surface area contributed by atoms with Crippen molar-refractivity contribution < 1.29 is 5.11 Å². The molecule has 0 aliphatic carbocycles. The Morgan fingerprint density at radius 3 is 2.78 bits per heavy atom. The van der Waals surface area contributed by atoms with Crippen LogP contribution in [0, 0.1) is 5.92 Å². The highest BCUT2D eigenvalue weighted by Gasteiger charge is 2.35. The van der Waals surface area contributed by atoms with Crippen molar-refractivity contribution in [3.8, 4) is 0 Å². The first-order chi connectivity index (χ1) is 4.17. The second-order valence-corrected chi connectivity index (χ2v) is 2.92. The SMILES string of the molecule is CC1(O)CNCC1CN. The van der Waals surface area contributed by atoms with E-state index in [0.29, 0.717) is 13.1 Å². The van der Waals surface area contributed by atoms with E-state index < -0.39 is 5.60 Å². The minimum Gasteiger partial charge on any atom is -0.388 e. The van der Waals surface area contributed by atoms with Crippen molar-refractivity contribution in [3.63, 3.8) is 0 Å². The van der Waals surface area contributed by atoms with E-state index in [1.54, 1.807) is 0 Å². The van der Waals surface area contributed by atoms with E-state index >= 15 is 0 Å². The van der Waals surface area contributed by atoms with Crippen LogP contribution in [0.25, 0.3) is 0 Å². The van der Waals surface area contributed by atoms with Gasteiger partial charge in [0.05, 0.1) is 5.60 Å². The highest BCUT2D eigenvalue weighted by molar-refractivity contribution is 4.91. The molecule has 0 saturated carbocycles. The Labute approximate surface area is 55.2 Å². The molecule has 3 heteroatoms. The zero-order chi connectivity index (χ0) is 6.91. The Kier molecular flexibility index (Phi) is 1.75. The van der Waals surface area contributed by atoms with Crippen molar-refractivity contribution in [2.45, 2.75) is 12.5 Å². The van der Waals surface area contributed by atoms with Crippen LogP contribution < -0.4 is 11.1 Å². The molecule has 3 nitrogen and oxygen atoms in total. The number of hydrogen-bond acceptors (Lipinski definition) is 3. The van der Waals surface area contributed by atoms with Crippen LogP contribution in [-0.2, 0) is 0 Å². The molecule has 0 radical (unpaired) electrons. The van der Waals surface area contributed by atoms with Crippen LogP contribution in [0.5, 0.6) is 0 Å². The Balaban J connectivity index is 2.52. The predicted octanol–water partition coefficient (Wildman–Crippen LogP) is -1.08. The lowest BCUT2D eigenvalue weighted by Gasteiger charge is -2.22. The van der Waals surface area contributed by atoms with Gasteiger partial charge in [0.15, 0.2) is 0 Å². The lowest BCUT2D eigenvalue weighted by Crippen LogP contribution is -2.37. The molecular weight excluding hydrogens is 116 g/mol. The maximum Gasteiger partial charge on any atom is 0.0795 e. The summed E-state index contributed by atoms with van der Waals surface area (Å²) < 4.78 is 0. The summed E-state index contributed by atoms with van der Waals surface area (Å²) in [4.78, 5) is 0. The molecule has 2 unspecified atom stereocenters. The van der Waals surface area contributed by atoms with Gasteiger partial charge in [0, 0.05) is 19.0 Å². The van der Waals surface area contributed by atoms with E-state index in [-0.39, 0.29) is 5.92 Å². The summed E-state index contributed by atoms with van der Waals surface area (Å²) in [6, 6.07) is 0. The van der Waals surface area contributed by atoms with Crippen molar-refractivity contribution in [2.24, 2.45) is 11.7 Å². The fourth-order valence-electron chi connectivity index (χ4n) is 1.20. The third kappa shape index (κ3) is 1.23. The fraction of sp³-hybridized carbons (Fsp3) is 1.00. The molecule has 2 atom stereocenters. The first-order valence-corrected chi connectivity index (χ1v) is 3.30. The van der Waals surface area contributed by atoms with Gasteiger partial charge < -0.3 is 16.2 Å². The van der Waals surface area contributed by atoms with Crippen LogP contribution in [0.15, 0.2) is 0 Å². The van der Waals surface area contributed by atoms with Gasteiger partial charge in [-0.25, -0.2) is 0 Å². The summed E-state index contributed by atoms with van der Waals surface area (Å²) in [5.74, 6) is 0.234. The predicted molar refractivity (Wildman–Crippen MR) is 36.0 cm³/mol. The van der Waals surface area contributed by atoms with Crippen molar-refractivity contribution in [3.05, 3.63) is 0 Å². The maximum atomic E-state index is 9.51. The number of rotatable bonds is 1. The normalized spacial score (nSPS) is 43.7. The summed E-state index contributed by atoms with van der Waals surface area (Å²) in [5.41, 5.74) is 4.83. The van der Waals surface area contributed by atoms with Crippen molar-refractivity contribution in [1.29, 1.82) is 0 Å². The van der Waals surface area contributed by atoms with Crippen molar-refractivity contribution >= 4 is 0 Å². The monoisotopic (exact) mass is 130 g/mol. The quantitative estimate of drug-likeness (QED) is 0.423. The van der Waals surface area contributed by atoms with E-state index in [0.717, 1.165) is 6.54 Å². The molecule has 1 aliphatic rings. The van der Waals surface area contributed by atoms with E-state index in [1.807, 2.05) is 6.92 Å². The highest BCUT2D eigenvalue weighted by atomic mass is 16.3. The molecule has 1 saturated heterocycles. The largest absolute Gasteiger partial charge is 0.388 e. The summed E-state index contributed by atoms with van der Waals surface area (Å²) in [7, 11) is 0. The minimum absolute atomic E-state index is 0.234. The maximum absolute atomic E-state index is 9.51. The Hall–Kier alpha value is -0.120. The van der Waals surface area contributed by atoms with Gasteiger partial charge in [0.25, 0.3) is 0 Å². The molecule has 0 spiro atoms. The van der Waals surface area contributed by atoms with Crippen LogP contribution in [0.3, 0.4) is 0 Å². The third-order valence-electron chi connectivity index (χ3n) is 2.04. The average Bonchev–Trinajstić information content (AvgIpc) is 2.08.